The first-order chi connectivity index (χ1) is 22.0. The van der Waals surface area contributed by atoms with Crippen molar-refractivity contribution in [2.45, 2.75) is 19.6 Å². The van der Waals surface area contributed by atoms with Crippen LogP contribution in [0.5, 0.6) is 11.5 Å². The van der Waals surface area contributed by atoms with Gasteiger partial charge in [-0.3, -0.25) is 0 Å². The Morgan fingerprint density at radius 3 is 1.71 bits per heavy atom. The third-order valence-corrected chi connectivity index (χ3v) is 11.6. The summed E-state index contributed by atoms with van der Waals surface area (Å²) < 4.78 is 6.76. The van der Waals surface area contributed by atoms with Crippen molar-refractivity contribution < 1.29 is 4.74 Å². The van der Waals surface area contributed by atoms with E-state index in [-0.39, 0.29) is 0 Å². The molecule has 2 heteroatoms. The summed E-state index contributed by atoms with van der Waals surface area (Å²) in [6.45, 7) is 7.25. The molecular weight excluding hydrogens is 561 g/mol. The van der Waals surface area contributed by atoms with Crippen molar-refractivity contribution in [3.8, 4) is 44.9 Å². The molecule has 1 aliphatic rings. The second-order valence-corrected chi connectivity index (χ2v) is 18.3. The summed E-state index contributed by atoms with van der Waals surface area (Å²) in [4.78, 5) is 0. The molecule has 9 rings (SSSR count). The molecule has 0 saturated heterocycles. The molecule has 1 aliphatic heterocycles. The molecule has 0 unspecified atom stereocenters. The van der Waals surface area contributed by atoms with Crippen molar-refractivity contribution in [3.63, 3.8) is 0 Å². The molecule has 0 aliphatic carbocycles. The fourth-order valence-corrected chi connectivity index (χ4v) is 9.21. The van der Waals surface area contributed by atoms with Gasteiger partial charge in [-0.05, 0) is 83.7 Å². The van der Waals surface area contributed by atoms with Crippen molar-refractivity contribution >= 4 is 56.4 Å². The lowest BCUT2D eigenvalue weighted by Crippen LogP contribution is -2.38. The second kappa shape index (κ2) is 9.66. The average molecular weight is 593 g/mol. The number of hydrogen-bond donors (Lipinski definition) is 0. The van der Waals surface area contributed by atoms with Crippen LogP contribution < -0.4 is 9.92 Å². The van der Waals surface area contributed by atoms with E-state index in [9.17, 15) is 0 Å². The van der Waals surface area contributed by atoms with E-state index in [4.69, 9.17) is 4.74 Å². The van der Waals surface area contributed by atoms with Crippen molar-refractivity contribution in [3.05, 3.63) is 140 Å². The summed E-state index contributed by atoms with van der Waals surface area (Å²) >= 11 is 0. The Morgan fingerprint density at radius 2 is 1.00 bits per heavy atom. The largest absolute Gasteiger partial charge is 0.456 e. The van der Waals surface area contributed by atoms with Gasteiger partial charge in [0.05, 0.1) is 8.07 Å². The van der Waals surface area contributed by atoms with Crippen LogP contribution in [0.15, 0.2) is 140 Å². The fourth-order valence-electron chi connectivity index (χ4n) is 7.61. The first kappa shape index (κ1) is 26.2. The van der Waals surface area contributed by atoms with Crippen LogP contribution in [-0.2, 0) is 0 Å². The van der Waals surface area contributed by atoms with Crippen molar-refractivity contribution in [1.29, 1.82) is 0 Å². The molecule has 45 heavy (non-hydrogen) atoms. The fraction of sp³-hybridized carbons (Fsp3) is 0.0698. The lowest BCUT2D eigenvalue weighted by molar-refractivity contribution is 0.487. The van der Waals surface area contributed by atoms with E-state index in [1.807, 2.05) is 0 Å². The number of ether oxygens (including phenoxy) is 1. The molecule has 8 aromatic rings. The summed E-state index contributed by atoms with van der Waals surface area (Å²) in [5.74, 6) is 1.87. The predicted octanol–water partition coefficient (Wildman–Crippen LogP) is 12.0. The third-order valence-electron chi connectivity index (χ3n) is 9.58. The van der Waals surface area contributed by atoms with Gasteiger partial charge in [0.1, 0.15) is 11.5 Å². The maximum Gasteiger partial charge on any atom is 0.135 e. The average Bonchev–Trinajstić information content (AvgIpc) is 3.06. The first-order valence-corrected chi connectivity index (χ1v) is 19.3. The Labute approximate surface area is 264 Å². The van der Waals surface area contributed by atoms with Crippen molar-refractivity contribution in [1.82, 2.24) is 0 Å². The van der Waals surface area contributed by atoms with Gasteiger partial charge in [-0.2, -0.15) is 0 Å². The van der Waals surface area contributed by atoms with Crippen molar-refractivity contribution in [2.24, 2.45) is 0 Å². The molecule has 0 N–H and O–H groups in total. The van der Waals surface area contributed by atoms with Gasteiger partial charge >= 0.3 is 0 Å². The number of rotatable bonds is 3. The molecule has 0 radical (unpaired) electrons. The topological polar surface area (TPSA) is 9.23 Å². The van der Waals surface area contributed by atoms with E-state index in [1.54, 1.807) is 0 Å². The molecule has 0 fully saturated rings. The highest BCUT2D eigenvalue weighted by Gasteiger charge is 2.26. The lowest BCUT2D eigenvalue weighted by atomic mass is 9.84. The molecule has 8 aromatic carbocycles. The van der Waals surface area contributed by atoms with Gasteiger partial charge in [0.25, 0.3) is 0 Å². The smallest absolute Gasteiger partial charge is 0.135 e. The zero-order chi connectivity index (χ0) is 30.3. The molecule has 0 saturated carbocycles. The summed E-state index contributed by atoms with van der Waals surface area (Å²) in [5, 5.41) is 11.6. The SMILES string of the molecule is C[Si](C)(C)c1ccc2c3c(cccc13)Oc1cc(-c3c4ccccc4c(-c4cccc5ccccc45)c4ccccc34)ccc1-2. The van der Waals surface area contributed by atoms with Crippen LogP contribution in [0.2, 0.25) is 19.6 Å². The molecule has 214 valence electrons. The standard InChI is InChI=1S/C43H32OSi/c1-45(2,3)40-25-24-36-30-23-22-28(26-39(30)44-38-21-11-20-37(40)43(36)38)41-32-15-6-8-17-34(32)42(35-18-9-7-16-33(35)41)31-19-10-13-27-12-4-5-14-29(27)31/h4-26H,1-3H3. The van der Waals surface area contributed by atoms with Gasteiger partial charge in [0.2, 0.25) is 0 Å². The van der Waals surface area contributed by atoms with Crippen LogP contribution in [0.4, 0.5) is 0 Å². The summed E-state index contributed by atoms with van der Waals surface area (Å²) in [6.07, 6.45) is 0. The zero-order valence-corrected chi connectivity index (χ0v) is 26.7. The number of fused-ring (bicyclic) bond motifs is 5. The van der Waals surface area contributed by atoms with Crippen LogP contribution in [-0.4, -0.2) is 8.07 Å². The molecular formula is C43H32OSi. The van der Waals surface area contributed by atoms with Crippen LogP contribution in [0.1, 0.15) is 0 Å². The van der Waals surface area contributed by atoms with Gasteiger partial charge in [-0.15, -0.1) is 0 Å². The highest BCUT2D eigenvalue weighted by atomic mass is 28.3. The van der Waals surface area contributed by atoms with E-state index in [1.165, 1.54) is 76.1 Å². The summed E-state index contributed by atoms with van der Waals surface area (Å²) in [5.41, 5.74) is 7.38. The minimum absolute atomic E-state index is 0.916. The Kier molecular flexibility index (Phi) is 5.63. The van der Waals surface area contributed by atoms with Gasteiger partial charge in [-0.25, -0.2) is 0 Å². The molecule has 0 aromatic heterocycles. The quantitative estimate of drug-likeness (QED) is 0.146. The Hall–Kier alpha value is -5.18. The maximum atomic E-state index is 6.76. The minimum Gasteiger partial charge on any atom is -0.456 e. The molecule has 0 atom stereocenters. The molecule has 0 spiro atoms. The Balaban J connectivity index is 1.31. The summed E-state index contributed by atoms with van der Waals surface area (Å²) in [6, 6.07) is 51.2. The van der Waals surface area contributed by atoms with E-state index in [0.29, 0.717) is 0 Å². The summed E-state index contributed by atoms with van der Waals surface area (Å²) in [7, 11) is -1.53. The van der Waals surface area contributed by atoms with Crippen LogP contribution in [0, 0.1) is 0 Å². The van der Waals surface area contributed by atoms with E-state index in [0.717, 1.165) is 17.1 Å². The van der Waals surface area contributed by atoms with Gasteiger partial charge in [0, 0.05) is 10.9 Å². The third kappa shape index (κ3) is 3.92. The van der Waals surface area contributed by atoms with E-state index < -0.39 is 8.07 Å². The van der Waals surface area contributed by atoms with Crippen molar-refractivity contribution in [2.75, 3.05) is 0 Å². The van der Waals surface area contributed by atoms with E-state index >= 15 is 0 Å². The molecule has 1 heterocycles. The minimum atomic E-state index is -1.53. The Morgan fingerprint density at radius 1 is 0.422 bits per heavy atom. The van der Waals surface area contributed by atoms with Crippen LogP contribution in [0.3, 0.4) is 0 Å². The van der Waals surface area contributed by atoms with Crippen LogP contribution in [0.25, 0.3) is 76.5 Å². The van der Waals surface area contributed by atoms with Gasteiger partial charge in [0.15, 0.2) is 0 Å². The maximum absolute atomic E-state index is 6.76. The molecule has 0 bridgehead atoms. The monoisotopic (exact) mass is 592 g/mol. The number of hydrogen-bond acceptors (Lipinski definition) is 1. The zero-order valence-electron chi connectivity index (χ0n) is 25.7. The second-order valence-electron chi connectivity index (χ2n) is 13.3. The lowest BCUT2D eigenvalue weighted by Gasteiger charge is -2.26. The Bertz CT molecular complexity index is 2440. The molecule has 1 nitrogen and oxygen atoms in total. The first-order valence-electron chi connectivity index (χ1n) is 15.8. The van der Waals surface area contributed by atoms with Gasteiger partial charge < -0.3 is 4.74 Å². The highest BCUT2D eigenvalue weighted by Crippen LogP contribution is 2.50. The molecule has 0 amide bonds. The van der Waals surface area contributed by atoms with E-state index in [2.05, 4.69) is 159 Å². The highest BCUT2D eigenvalue weighted by molar-refractivity contribution is 6.90. The van der Waals surface area contributed by atoms with Gasteiger partial charge in [-0.1, -0.05) is 146 Å². The normalized spacial score (nSPS) is 12.5. The predicted molar refractivity (Wildman–Crippen MR) is 196 cm³/mol. The number of benzene rings is 8. The van der Waals surface area contributed by atoms with Crippen LogP contribution >= 0.6 is 0 Å².